The van der Waals surface area contributed by atoms with E-state index in [1.165, 1.54) is 24.3 Å². The van der Waals surface area contributed by atoms with Gasteiger partial charge >= 0.3 is 0 Å². The van der Waals surface area contributed by atoms with Gasteiger partial charge in [-0.25, -0.2) is 0 Å². The lowest BCUT2D eigenvalue weighted by Gasteiger charge is -2.38. The lowest BCUT2D eigenvalue weighted by atomic mass is 9.94. The topological polar surface area (TPSA) is 108 Å². The monoisotopic (exact) mass is 400 g/mol. The molecule has 1 saturated heterocycles. The van der Waals surface area contributed by atoms with Crippen LogP contribution in [0.3, 0.4) is 0 Å². The summed E-state index contributed by atoms with van der Waals surface area (Å²) in [5.41, 5.74) is 0.0175. The van der Waals surface area contributed by atoms with Gasteiger partial charge in [-0.05, 0) is 43.8 Å². The molecule has 0 saturated carbocycles. The number of nitro groups is 1. The number of aromatic amines is 1. The van der Waals surface area contributed by atoms with Crippen molar-refractivity contribution < 1.29 is 9.72 Å². The maximum atomic E-state index is 12.9. The van der Waals surface area contributed by atoms with E-state index in [1.807, 2.05) is 0 Å². The zero-order valence-electron chi connectivity index (χ0n) is 17.1. The molecule has 0 spiro atoms. The molecule has 1 atom stereocenters. The summed E-state index contributed by atoms with van der Waals surface area (Å²) in [7, 11) is 0. The number of rotatable bonds is 6. The Morgan fingerprint density at radius 3 is 2.62 bits per heavy atom. The highest BCUT2D eigenvalue weighted by Crippen LogP contribution is 2.23. The number of non-ortho nitro benzene ring substituents is 1. The summed E-state index contributed by atoms with van der Waals surface area (Å²) in [5, 5.41) is 14.4. The third-order valence-corrected chi connectivity index (χ3v) is 5.81. The van der Waals surface area contributed by atoms with Crippen LogP contribution >= 0.6 is 0 Å². The number of amides is 1. The second-order valence-corrected chi connectivity index (χ2v) is 8.27. The number of benzene rings is 1. The second-order valence-electron chi connectivity index (χ2n) is 8.27. The third-order valence-electron chi connectivity index (χ3n) is 5.81. The van der Waals surface area contributed by atoms with Crippen molar-refractivity contribution in [2.75, 3.05) is 19.6 Å². The molecule has 1 unspecified atom stereocenters. The molecule has 1 aliphatic rings. The van der Waals surface area contributed by atoms with Crippen LogP contribution in [-0.4, -0.2) is 46.4 Å². The highest BCUT2D eigenvalue weighted by molar-refractivity contribution is 6.06. The van der Waals surface area contributed by atoms with Crippen molar-refractivity contribution in [3.05, 3.63) is 50.3 Å². The molecule has 8 heteroatoms. The Balaban J connectivity index is 1.82. The zero-order valence-corrected chi connectivity index (χ0v) is 17.1. The molecular formula is C21H28N4O4. The van der Waals surface area contributed by atoms with Gasteiger partial charge in [0.05, 0.1) is 10.5 Å². The molecule has 3 rings (SSSR count). The summed E-state index contributed by atoms with van der Waals surface area (Å²) in [5.74, 6) is 0.699. The van der Waals surface area contributed by atoms with Gasteiger partial charge in [0.1, 0.15) is 0 Å². The van der Waals surface area contributed by atoms with E-state index in [0.29, 0.717) is 23.4 Å². The molecule has 1 fully saturated rings. The number of piperidine rings is 1. The molecule has 2 N–H and O–H groups in total. The lowest BCUT2D eigenvalue weighted by Crippen LogP contribution is -2.49. The van der Waals surface area contributed by atoms with Crippen LogP contribution in [0.4, 0.5) is 5.69 Å². The van der Waals surface area contributed by atoms with Crippen LogP contribution in [0.25, 0.3) is 10.9 Å². The molecule has 0 aliphatic carbocycles. The summed E-state index contributed by atoms with van der Waals surface area (Å²) in [6.45, 7) is 9.04. The maximum absolute atomic E-state index is 12.9. The number of aromatic nitrogens is 1. The summed E-state index contributed by atoms with van der Waals surface area (Å²) < 4.78 is 0. The summed E-state index contributed by atoms with van der Waals surface area (Å²) in [6, 6.07) is 5.50. The molecule has 0 radical (unpaired) electrons. The number of H-pyrrole nitrogens is 1. The normalized spacial score (nSPS) is 16.8. The Morgan fingerprint density at radius 1 is 1.31 bits per heavy atom. The Hall–Kier alpha value is -2.74. The van der Waals surface area contributed by atoms with Gasteiger partial charge in [-0.2, -0.15) is 0 Å². The second kappa shape index (κ2) is 8.73. The van der Waals surface area contributed by atoms with E-state index in [1.54, 1.807) is 0 Å². The summed E-state index contributed by atoms with van der Waals surface area (Å²) in [6.07, 6.45) is 2.30. The van der Waals surface area contributed by atoms with Gasteiger partial charge in [0.2, 0.25) is 5.56 Å². The van der Waals surface area contributed by atoms with Gasteiger partial charge in [-0.3, -0.25) is 24.6 Å². The minimum absolute atomic E-state index is 0.124. The van der Waals surface area contributed by atoms with Gasteiger partial charge in [0.15, 0.2) is 0 Å². The van der Waals surface area contributed by atoms with Crippen molar-refractivity contribution in [1.82, 2.24) is 15.2 Å². The van der Waals surface area contributed by atoms with E-state index in [2.05, 4.69) is 36.0 Å². The number of fused-ring (bicyclic) bond motifs is 1. The van der Waals surface area contributed by atoms with E-state index in [4.69, 9.17) is 0 Å². The van der Waals surface area contributed by atoms with Crippen molar-refractivity contribution in [3.63, 3.8) is 0 Å². The molecule has 156 valence electrons. The van der Waals surface area contributed by atoms with Gasteiger partial charge in [-0.1, -0.05) is 20.8 Å². The summed E-state index contributed by atoms with van der Waals surface area (Å²) >= 11 is 0. The zero-order chi connectivity index (χ0) is 21.1. The van der Waals surface area contributed by atoms with Gasteiger partial charge in [-0.15, -0.1) is 0 Å². The average Bonchev–Trinajstić information content (AvgIpc) is 2.68. The van der Waals surface area contributed by atoms with Crippen LogP contribution in [0.15, 0.2) is 29.1 Å². The Kier molecular flexibility index (Phi) is 6.32. The average molecular weight is 400 g/mol. The fourth-order valence-corrected chi connectivity index (χ4v) is 3.98. The van der Waals surface area contributed by atoms with Crippen LogP contribution < -0.4 is 10.9 Å². The Labute approximate surface area is 169 Å². The predicted octanol–water partition coefficient (Wildman–Crippen LogP) is 2.92. The first kappa shape index (κ1) is 21.0. The van der Waals surface area contributed by atoms with Crippen LogP contribution in [0.5, 0.6) is 0 Å². The number of pyridine rings is 1. The number of nitrogens with one attached hydrogen (secondary N) is 2. The third kappa shape index (κ3) is 4.82. The number of nitrogens with zero attached hydrogens (tertiary/aromatic N) is 2. The fourth-order valence-electron chi connectivity index (χ4n) is 3.98. The highest BCUT2D eigenvalue weighted by Gasteiger charge is 2.26. The quantitative estimate of drug-likeness (QED) is 0.572. The van der Waals surface area contributed by atoms with E-state index in [-0.39, 0.29) is 17.3 Å². The van der Waals surface area contributed by atoms with E-state index in [0.717, 1.165) is 31.8 Å². The summed E-state index contributed by atoms with van der Waals surface area (Å²) in [4.78, 5) is 40.5. The van der Waals surface area contributed by atoms with Crippen LogP contribution in [-0.2, 0) is 0 Å². The molecule has 0 bridgehead atoms. The Bertz CT molecular complexity index is 961. The first-order chi connectivity index (χ1) is 13.8. The van der Waals surface area contributed by atoms with E-state index < -0.39 is 16.4 Å². The lowest BCUT2D eigenvalue weighted by molar-refractivity contribution is -0.384. The highest BCUT2D eigenvalue weighted by atomic mass is 16.6. The predicted molar refractivity (Wildman–Crippen MR) is 112 cm³/mol. The number of hydrogen-bond donors (Lipinski definition) is 2. The van der Waals surface area contributed by atoms with E-state index in [9.17, 15) is 19.7 Å². The number of nitro benzene ring substituents is 1. The molecule has 2 heterocycles. The first-order valence-corrected chi connectivity index (χ1v) is 10.1. The molecular weight excluding hydrogens is 372 g/mol. The molecule has 1 amide bonds. The first-order valence-electron chi connectivity index (χ1n) is 10.1. The SMILES string of the molecule is CC1CCN(C(CNC(=O)c2cc(=O)[nH]c3ccc([N+](=O)[O-])cc23)C(C)C)CC1. The van der Waals surface area contributed by atoms with Crippen molar-refractivity contribution in [2.24, 2.45) is 11.8 Å². The molecule has 1 aliphatic heterocycles. The minimum Gasteiger partial charge on any atom is -0.350 e. The smallest absolute Gasteiger partial charge is 0.270 e. The molecule has 1 aromatic carbocycles. The van der Waals surface area contributed by atoms with Crippen molar-refractivity contribution >= 4 is 22.5 Å². The maximum Gasteiger partial charge on any atom is 0.270 e. The van der Waals surface area contributed by atoms with Crippen LogP contribution in [0.1, 0.15) is 44.0 Å². The van der Waals surface area contributed by atoms with E-state index >= 15 is 0 Å². The molecule has 8 nitrogen and oxygen atoms in total. The standard InChI is InChI=1S/C21H28N4O4/c1-13(2)19(24-8-6-14(3)7-9-24)12-22-21(27)17-11-20(26)23-18-5-4-15(25(28)29)10-16(17)18/h4-5,10-11,13-14,19H,6-9,12H2,1-3H3,(H,22,27)(H,23,26). The van der Waals surface area contributed by atoms with Crippen LogP contribution in [0, 0.1) is 22.0 Å². The van der Waals surface area contributed by atoms with Gasteiger partial charge < -0.3 is 10.3 Å². The number of carbonyl (C=O) groups excluding carboxylic acids is 1. The molecule has 1 aromatic heterocycles. The minimum atomic E-state index is -0.516. The van der Waals surface area contributed by atoms with Gasteiger partial charge in [0.25, 0.3) is 11.6 Å². The number of hydrogen-bond acceptors (Lipinski definition) is 5. The molecule has 29 heavy (non-hydrogen) atoms. The number of likely N-dealkylation sites (tertiary alicyclic amines) is 1. The van der Waals surface area contributed by atoms with Crippen molar-refractivity contribution in [1.29, 1.82) is 0 Å². The van der Waals surface area contributed by atoms with Crippen molar-refractivity contribution in [2.45, 2.75) is 39.7 Å². The van der Waals surface area contributed by atoms with Crippen LogP contribution in [0.2, 0.25) is 0 Å². The Morgan fingerprint density at radius 2 is 2.00 bits per heavy atom. The molecule has 2 aromatic rings. The fraction of sp³-hybridized carbons (Fsp3) is 0.524. The largest absolute Gasteiger partial charge is 0.350 e. The van der Waals surface area contributed by atoms with Gasteiger partial charge in [0, 0.05) is 41.7 Å². The van der Waals surface area contributed by atoms with Crippen molar-refractivity contribution in [3.8, 4) is 0 Å². The number of carbonyl (C=O) groups is 1.